The summed E-state index contributed by atoms with van der Waals surface area (Å²) in [6, 6.07) is 7.47. The summed E-state index contributed by atoms with van der Waals surface area (Å²) in [4.78, 5) is 4.02. The molecule has 0 N–H and O–H groups in total. The second kappa shape index (κ2) is 4.34. The van der Waals surface area contributed by atoms with Gasteiger partial charge in [-0.3, -0.25) is 4.98 Å². The minimum Gasteiger partial charge on any atom is -0.258 e. The van der Waals surface area contributed by atoms with Crippen LogP contribution in [0.1, 0.15) is 11.3 Å². The molecule has 1 aromatic carbocycles. The van der Waals surface area contributed by atoms with Gasteiger partial charge in [0.1, 0.15) is 5.82 Å². The molecule has 0 amide bonds. The van der Waals surface area contributed by atoms with Gasteiger partial charge in [-0.25, -0.2) is 4.39 Å². The van der Waals surface area contributed by atoms with Gasteiger partial charge in [0.05, 0.1) is 6.20 Å². The number of aryl methyl sites for hydroxylation is 2. The van der Waals surface area contributed by atoms with Crippen LogP contribution in [-0.4, -0.2) is 4.98 Å². The molecule has 1 aromatic heterocycles. The smallest absolute Gasteiger partial charge is 0.142 e. The molecule has 0 saturated heterocycles. The monoisotopic (exact) mass is 279 g/mol. The Morgan fingerprint density at radius 3 is 2.62 bits per heavy atom. The van der Waals surface area contributed by atoms with Gasteiger partial charge >= 0.3 is 0 Å². The molecule has 0 saturated carbocycles. The average Bonchev–Trinajstić information content (AvgIpc) is 2.26. The van der Waals surface area contributed by atoms with Crippen LogP contribution in [0.2, 0.25) is 0 Å². The van der Waals surface area contributed by atoms with Gasteiger partial charge in [0.2, 0.25) is 0 Å². The number of halogens is 2. The van der Waals surface area contributed by atoms with Crippen LogP contribution in [0.15, 0.2) is 34.9 Å². The van der Waals surface area contributed by atoms with E-state index in [4.69, 9.17) is 0 Å². The number of hydrogen-bond acceptors (Lipinski definition) is 1. The van der Waals surface area contributed by atoms with Gasteiger partial charge in [-0.05, 0) is 37.1 Å². The van der Waals surface area contributed by atoms with Crippen molar-refractivity contribution in [3.63, 3.8) is 0 Å². The summed E-state index contributed by atoms with van der Waals surface area (Å²) in [6.45, 7) is 3.89. The lowest BCUT2D eigenvalue weighted by molar-refractivity contribution is 0.621. The van der Waals surface area contributed by atoms with E-state index in [-0.39, 0.29) is 5.82 Å². The van der Waals surface area contributed by atoms with Crippen LogP contribution in [0.5, 0.6) is 0 Å². The minimum absolute atomic E-state index is 0.304. The molecule has 2 aromatic rings. The Balaban J connectivity index is 2.58. The minimum atomic E-state index is -0.304. The number of nitrogens with zero attached hydrogens (tertiary/aromatic N) is 1. The second-order valence-corrected chi connectivity index (χ2v) is 4.60. The Labute approximate surface area is 102 Å². The van der Waals surface area contributed by atoms with Crippen molar-refractivity contribution >= 4 is 15.9 Å². The molecule has 16 heavy (non-hydrogen) atoms. The lowest BCUT2D eigenvalue weighted by atomic mass is 10.0. The fourth-order valence-corrected chi connectivity index (χ4v) is 1.86. The van der Waals surface area contributed by atoms with E-state index in [0.29, 0.717) is 0 Å². The van der Waals surface area contributed by atoms with Crippen LogP contribution in [0.4, 0.5) is 4.39 Å². The Morgan fingerprint density at radius 1 is 1.19 bits per heavy atom. The topological polar surface area (TPSA) is 12.9 Å². The summed E-state index contributed by atoms with van der Waals surface area (Å²) in [5, 5.41) is 0. The van der Waals surface area contributed by atoms with Crippen molar-refractivity contribution in [2.24, 2.45) is 0 Å². The van der Waals surface area contributed by atoms with Crippen LogP contribution in [-0.2, 0) is 0 Å². The normalized spacial score (nSPS) is 10.5. The van der Waals surface area contributed by atoms with Crippen LogP contribution in [0.3, 0.4) is 0 Å². The zero-order valence-corrected chi connectivity index (χ0v) is 10.7. The molecule has 0 atom stereocenters. The summed E-state index contributed by atoms with van der Waals surface area (Å²) < 4.78 is 14.2. The summed E-state index contributed by atoms with van der Waals surface area (Å²) in [5.41, 5.74) is 3.80. The maximum absolute atomic E-state index is 13.1. The first-order valence-corrected chi connectivity index (χ1v) is 5.76. The summed E-state index contributed by atoms with van der Waals surface area (Å²) in [7, 11) is 0. The van der Waals surface area contributed by atoms with Gasteiger partial charge in [0.15, 0.2) is 0 Å². The van der Waals surface area contributed by atoms with Gasteiger partial charge in [0.25, 0.3) is 0 Å². The van der Waals surface area contributed by atoms with Crippen molar-refractivity contribution in [1.82, 2.24) is 4.98 Å². The molecule has 0 aliphatic carbocycles. The molecule has 0 aliphatic heterocycles. The zero-order chi connectivity index (χ0) is 11.7. The lowest BCUT2D eigenvalue weighted by Crippen LogP contribution is -1.90. The van der Waals surface area contributed by atoms with E-state index < -0.39 is 0 Å². The first-order valence-electron chi connectivity index (χ1n) is 4.96. The second-order valence-electron chi connectivity index (χ2n) is 3.75. The SMILES string of the molecule is Cc1cc(-c2cc(F)cnc2C)ccc1Br. The van der Waals surface area contributed by atoms with Gasteiger partial charge < -0.3 is 0 Å². The standard InChI is InChI=1S/C13H11BrFN/c1-8-5-10(3-4-13(8)14)12-6-11(15)7-16-9(12)2/h3-7H,1-2H3. The highest BCUT2D eigenvalue weighted by molar-refractivity contribution is 9.10. The van der Waals surface area contributed by atoms with E-state index in [1.54, 1.807) is 0 Å². The van der Waals surface area contributed by atoms with E-state index in [9.17, 15) is 4.39 Å². The van der Waals surface area contributed by atoms with E-state index in [1.807, 2.05) is 32.0 Å². The molecule has 1 heterocycles. The molecule has 0 spiro atoms. The predicted octanol–water partition coefficient (Wildman–Crippen LogP) is 4.27. The van der Waals surface area contributed by atoms with Crippen LogP contribution in [0.25, 0.3) is 11.1 Å². The van der Waals surface area contributed by atoms with Crippen molar-refractivity contribution in [2.75, 3.05) is 0 Å². The summed E-state index contributed by atoms with van der Waals surface area (Å²) in [5.74, 6) is -0.304. The number of hydrogen-bond donors (Lipinski definition) is 0. The summed E-state index contributed by atoms with van der Waals surface area (Å²) in [6.07, 6.45) is 1.24. The molecule has 0 bridgehead atoms. The van der Waals surface area contributed by atoms with Gasteiger partial charge in [-0.1, -0.05) is 28.1 Å². The van der Waals surface area contributed by atoms with Crippen LogP contribution >= 0.6 is 15.9 Å². The molecular weight excluding hydrogens is 269 g/mol. The van der Waals surface area contributed by atoms with Crippen molar-refractivity contribution in [3.8, 4) is 11.1 Å². The third kappa shape index (κ3) is 2.14. The Bertz CT molecular complexity index is 537. The molecule has 3 heteroatoms. The number of aromatic nitrogens is 1. The van der Waals surface area contributed by atoms with E-state index in [0.717, 1.165) is 26.9 Å². The third-order valence-electron chi connectivity index (χ3n) is 2.52. The van der Waals surface area contributed by atoms with E-state index in [2.05, 4.69) is 20.9 Å². The summed E-state index contributed by atoms with van der Waals surface area (Å²) >= 11 is 3.45. The van der Waals surface area contributed by atoms with Gasteiger partial charge in [0, 0.05) is 15.7 Å². The highest BCUT2D eigenvalue weighted by atomic mass is 79.9. The largest absolute Gasteiger partial charge is 0.258 e. The Morgan fingerprint density at radius 2 is 1.94 bits per heavy atom. The van der Waals surface area contributed by atoms with Crippen molar-refractivity contribution < 1.29 is 4.39 Å². The number of pyridine rings is 1. The van der Waals surface area contributed by atoms with Crippen LogP contribution < -0.4 is 0 Å². The quantitative estimate of drug-likeness (QED) is 0.760. The van der Waals surface area contributed by atoms with E-state index in [1.165, 1.54) is 12.3 Å². The van der Waals surface area contributed by atoms with Crippen molar-refractivity contribution in [3.05, 3.63) is 52.0 Å². The Hall–Kier alpha value is -1.22. The lowest BCUT2D eigenvalue weighted by Gasteiger charge is -2.07. The van der Waals surface area contributed by atoms with E-state index >= 15 is 0 Å². The molecule has 82 valence electrons. The fraction of sp³-hybridized carbons (Fsp3) is 0.154. The molecule has 2 rings (SSSR count). The number of rotatable bonds is 1. The zero-order valence-electron chi connectivity index (χ0n) is 9.09. The molecular formula is C13H11BrFN. The van der Waals surface area contributed by atoms with Crippen LogP contribution in [0, 0.1) is 19.7 Å². The molecule has 0 fully saturated rings. The maximum Gasteiger partial charge on any atom is 0.142 e. The fourth-order valence-electron chi connectivity index (χ4n) is 1.61. The first-order chi connectivity index (χ1) is 7.58. The molecule has 1 nitrogen and oxygen atoms in total. The van der Waals surface area contributed by atoms with Crippen molar-refractivity contribution in [1.29, 1.82) is 0 Å². The number of benzene rings is 1. The predicted molar refractivity (Wildman–Crippen MR) is 66.8 cm³/mol. The third-order valence-corrected chi connectivity index (χ3v) is 3.41. The highest BCUT2D eigenvalue weighted by Crippen LogP contribution is 2.26. The van der Waals surface area contributed by atoms with Crippen molar-refractivity contribution in [2.45, 2.75) is 13.8 Å². The highest BCUT2D eigenvalue weighted by Gasteiger charge is 2.06. The first kappa shape index (κ1) is 11.3. The average molecular weight is 280 g/mol. The van der Waals surface area contributed by atoms with Gasteiger partial charge in [-0.2, -0.15) is 0 Å². The molecule has 0 aliphatic rings. The molecule has 0 unspecified atom stereocenters. The Kier molecular flexibility index (Phi) is 3.06. The molecule has 0 radical (unpaired) electrons. The van der Waals surface area contributed by atoms with Gasteiger partial charge in [-0.15, -0.1) is 0 Å². The maximum atomic E-state index is 13.1.